The third-order valence-corrected chi connectivity index (χ3v) is 14.0. The minimum atomic E-state index is -0.783. The molecule has 0 saturated carbocycles. The number of hydrogen-bond donors (Lipinski definition) is 0. The van der Waals surface area contributed by atoms with E-state index in [2.05, 4.69) is 130 Å². The predicted molar refractivity (Wildman–Crippen MR) is 339 cm³/mol. The van der Waals surface area contributed by atoms with Crippen LogP contribution < -0.4 is 0 Å². The zero-order chi connectivity index (χ0) is 56.4. The SMILES string of the molecule is CC/C=C\C/C=C\C/C=C\C/C=C\C/C=C\C/C=C\C/C=C\C/C=C\CCCCCCCCCCC(=O)OCC(COC(=O)CCCCCCCCCCCC)OC(=O)CCCCCCCCC/C=C\CCCCCCCC. The number of hydrogen-bond acceptors (Lipinski definition) is 6. The van der Waals surface area contributed by atoms with Crippen LogP contribution in [-0.2, 0) is 28.6 Å². The van der Waals surface area contributed by atoms with Crippen LogP contribution in [0.1, 0.15) is 310 Å². The summed E-state index contributed by atoms with van der Waals surface area (Å²) in [5, 5.41) is 0. The number of unbranched alkanes of at least 4 members (excludes halogenated alkanes) is 30. The fraction of sp³-hybridized carbons (Fsp3) is 0.708. The molecule has 0 radical (unpaired) electrons. The lowest BCUT2D eigenvalue weighted by Crippen LogP contribution is -2.30. The molecule has 0 aromatic carbocycles. The van der Waals surface area contributed by atoms with Gasteiger partial charge >= 0.3 is 17.9 Å². The van der Waals surface area contributed by atoms with Crippen molar-refractivity contribution in [2.75, 3.05) is 13.2 Å². The van der Waals surface area contributed by atoms with Gasteiger partial charge in [-0.1, -0.05) is 291 Å². The maximum Gasteiger partial charge on any atom is 0.306 e. The zero-order valence-electron chi connectivity index (χ0n) is 51.2. The predicted octanol–water partition coefficient (Wildman–Crippen LogP) is 22.6. The number of allylic oxidation sites excluding steroid dienone is 18. The van der Waals surface area contributed by atoms with Gasteiger partial charge in [-0.05, 0) is 109 Å². The Balaban J connectivity index is 4.22. The van der Waals surface area contributed by atoms with Crippen LogP contribution >= 0.6 is 0 Å². The van der Waals surface area contributed by atoms with E-state index in [1.54, 1.807) is 0 Å². The van der Waals surface area contributed by atoms with Crippen LogP contribution in [0, 0.1) is 0 Å². The fourth-order valence-corrected chi connectivity index (χ4v) is 9.10. The summed E-state index contributed by atoms with van der Waals surface area (Å²) in [6, 6.07) is 0. The Morgan fingerprint density at radius 2 is 0.500 bits per heavy atom. The zero-order valence-corrected chi connectivity index (χ0v) is 51.2. The topological polar surface area (TPSA) is 78.9 Å². The molecule has 0 bridgehead atoms. The molecular weight excluding hydrogens is 961 g/mol. The summed E-state index contributed by atoms with van der Waals surface area (Å²) in [6.45, 7) is 6.52. The lowest BCUT2D eigenvalue weighted by Gasteiger charge is -2.18. The molecule has 0 heterocycles. The minimum Gasteiger partial charge on any atom is -0.462 e. The highest BCUT2D eigenvalue weighted by atomic mass is 16.6. The first-order valence-corrected chi connectivity index (χ1v) is 32.9. The van der Waals surface area contributed by atoms with Crippen molar-refractivity contribution in [1.29, 1.82) is 0 Å². The van der Waals surface area contributed by atoms with Gasteiger partial charge in [-0.15, -0.1) is 0 Å². The Hall–Kier alpha value is -3.93. The second-order valence-electron chi connectivity index (χ2n) is 21.6. The highest BCUT2D eigenvalue weighted by molar-refractivity contribution is 5.71. The van der Waals surface area contributed by atoms with E-state index in [1.807, 2.05) is 0 Å². The van der Waals surface area contributed by atoms with Gasteiger partial charge in [-0.2, -0.15) is 0 Å². The summed E-state index contributed by atoms with van der Waals surface area (Å²) in [5.74, 6) is -0.886. The molecule has 78 heavy (non-hydrogen) atoms. The van der Waals surface area contributed by atoms with Crippen molar-refractivity contribution >= 4 is 17.9 Å². The van der Waals surface area contributed by atoms with Crippen LogP contribution in [0.5, 0.6) is 0 Å². The molecule has 0 aromatic rings. The molecule has 1 unspecified atom stereocenters. The van der Waals surface area contributed by atoms with Gasteiger partial charge in [-0.25, -0.2) is 0 Å². The van der Waals surface area contributed by atoms with Crippen molar-refractivity contribution in [1.82, 2.24) is 0 Å². The first kappa shape index (κ1) is 74.1. The van der Waals surface area contributed by atoms with E-state index in [9.17, 15) is 14.4 Å². The lowest BCUT2D eigenvalue weighted by atomic mass is 10.1. The van der Waals surface area contributed by atoms with E-state index in [4.69, 9.17) is 14.2 Å². The summed E-state index contributed by atoms with van der Waals surface area (Å²) in [7, 11) is 0. The maximum absolute atomic E-state index is 12.9. The quantitative estimate of drug-likeness (QED) is 0.0261. The molecule has 0 aliphatic heterocycles. The molecule has 0 amide bonds. The van der Waals surface area contributed by atoms with Crippen molar-refractivity contribution in [3.8, 4) is 0 Å². The smallest absolute Gasteiger partial charge is 0.306 e. The van der Waals surface area contributed by atoms with Crippen molar-refractivity contribution in [3.63, 3.8) is 0 Å². The molecule has 0 spiro atoms. The second-order valence-corrected chi connectivity index (χ2v) is 21.6. The second kappa shape index (κ2) is 65.6. The molecule has 446 valence electrons. The summed E-state index contributed by atoms with van der Waals surface area (Å²) in [4.78, 5) is 38.2. The largest absolute Gasteiger partial charge is 0.462 e. The Morgan fingerprint density at radius 3 is 0.795 bits per heavy atom. The monoisotopic (exact) mass is 1080 g/mol. The number of carbonyl (C=O) groups excluding carboxylic acids is 3. The summed E-state index contributed by atoms with van der Waals surface area (Å²) < 4.78 is 16.9. The molecule has 1 atom stereocenters. The molecule has 0 aliphatic rings. The molecular formula is C72H122O6. The van der Waals surface area contributed by atoms with E-state index >= 15 is 0 Å². The molecule has 6 heteroatoms. The minimum absolute atomic E-state index is 0.0796. The van der Waals surface area contributed by atoms with Crippen molar-refractivity contribution in [3.05, 3.63) is 109 Å². The lowest BCUT2D eigenvalue weighted by molar-refractivity contribution is -0.167. The van der Waals surface area contributed by atoms with Gasteiger partial charge in [-0.3, -0.25) is 14.4 Å². The van der Waals surface area contributed by atoms with E-state index in [0.29, 0.717) is 19.3 Å². The molecule has 0 aromatic heterocycles. The Bertz CT molecular complexity index is 1570. The molecule has 0 N–H and O–H groups in total. The third kappa shape index (κ3) is 62.9. The van der Waals surface area contributed by atoms with Crippen molar-refractivity contribution < 1.29 is 28.6 Å². The molecule has 0 aliphatic carbocycles. The first-order valence-electron chi connectivity index (χ1n) is 32.9. The number of esters is 3. The number of rotatable bonds is 59. The van der Waals surface area contributed by atoms with Crippen LogP contribution in [0.15, 0.2) is 109 Å². The average molecular weight is 1080 g/mol. The van der Waals surface area contributed by atoms with Crippen LogP contribution in [0.25, 0.3) is 0 Å². The van der Waals surface area contributed by atoms with Gasteiger partial charge in [0.05, 0.1) is 0 Å². The molecule has 0 fully saturated rings. The summed E-state index contributed by atoms with van der Waals surface area (Å²) in [5.41, 5.74) is 0. The van der Waals surface area contributed by atoms with Crippen molar-refractivity contribution in [2.24, 2.45) is 0 Å². The molecule has 0 saturated heterocycles. The summed E-state index contributed by atoms with van der Waals surface area (Å²) in [6.07, 6.45) is 89.6. The van der Waals surface area contributed by atoms with Gasteiger partial charge in [0.15, 0.2) is 6.10 Å². The van der Waals surface area contributed by atoms with Gasteiger partial charge in [0, 0.05) is 19.3 Å². The highest BCUT2D eigenvalue weighted by Gasteiger charge is 2.19. The van der Waals surface area contributed by atoms with Gasteiger partial charge in [0.25, 0.3) is 0 Å². The molecule has 0 rings (SSSR count). The fourth-order valence-electron chi connectivity index (χ4n) is 9.10. The van der Waals surface area contributed by atoms with E-state index in [0.717, 1.165) is 116 Å². The highest BCUT2D eigenvalue weighted by Crippen LogP contribution is 2.16. The van der Waals surface area contributed by atoms with E-state index in [-0.39, 0.29) is 31.1 Å². The number of carbonyl (C=O) groups is 3. The maximum atomic E-state index is 12.9. The Morgan fingerprint density at radius 1 is 0.269 bits per heavy atom. The third-order valence-electron chi connectivity index (χ3n) is 14.0. The Labute approximate surface area is 482 Å². The van der Waals surface area contributed by atoms with Crippen LogP contribution in [0.2, 0.25) is 0 Å². The van der Waals surface area contributed by atoms with Crippen LogP contribution in [-0.4, -0.2) is 37.2 Å². The van der Waals surface area contributed by atoms with Crippen molar-refractivity contribution in [2.45, 2.75) is 316 Å². The Kier molecular flexibility index (Phi) is 62.3. The first-order chi connectivity index (χ1) is 38.5. The van der Waals surface area contributed by atoms with E-state index < -0.39 is 6.10 Å². The van der Waals surface area contributed by atoms with E-state index in [1.165, 1.54) is 154 Å². The number of ether oxygens (including phenoxy) is 3. The van der Waals surface area contributed by atoms with Gasteiger partial charge < -0.3 is 14.2 Å². The normalized spacial score (nSPS) is 12.8. The summed E-state index contributed by atoms with van der Waals surface area (Å²) >= 11 is 0. The van der Waals surface area contributed by atoms with Gasteiger partial charge in [0.2, 0.25) is 0 Å². The van der Waals surface area contributed by atoms with Crippen LogP contribution in [0.3, 0.4) is 0 Å². The average Bonchev–Trinajstić information content (AvgIpc) is 3.44. The molecule has 6 nitrogen and oxygen atoms in total. The van der Waals surface area contributed by atoms with Gasteiger partial charge in [0.1, 0.15) is 13.2 Å². The standard InChI is InChI=1S/C72H122O6/c1-4-7-10-13-16-19-22-24-26-28-29-30-31-32-33-34-35-36-37-38-39-40-41-42-43-45-46-48-50-53-56-59-62-65-71(74)77-68-69(67-76-70(73)64-61-58-55-52-21-18-15-12-9-6-3)78-72(75)66-63-60-57-54-51-49-47-44-27-25-23-20-17-14-11-8-5-2/h7,10,16,19,24-27,29-30,32-33,35-36,38-39,41-42,69H,4-6,8-9,11-15,17-18,20-23,28,31,34,37,40,43-68H2,1-3H3/b10-7-,19-16-,26-24-,27-25-,30-29-,33-32-,36-35-,39-38-,42-41-. The van der Waals surface area contributed by atoms with Crippen LogP contribution in [0.4, 0.5) is 0 Å².